The van der Waals surface area contributed by atoms with Gasteiger partial charge in [-0.2, -0.15) is 0 Å². The van der Waals surface area contributed by atoms with Crippen molar-refractivity contribution in [1.29, 1.82) is 0 Å². The fraction of sp³-hybridized carbons (Fsp3) is 0.0952. The van der Waals surface area contributed by atoms with Crippen LogP contribution in [0.3, 0.4) is 0 Å². The molecule has 0 bridgehead atoms. The zero-order valence-electron chi connectivity index (χ0n) is 14.3. The number of fused-ring (bicyclic) bond motifs is 1. The number of carbonyl (C=O) groups is 1. The van der Waals surface area contributed by atoms with Crippen molar-refractivity contribution in [2.24, 2.45) is 0 Å². The highest BCUT2D eigenvalue weighted by atomic mass is 79.9. The van der Waals surface area contributed by atoms with Crippen LogP contribution in [0.4, 0.5) is 15.8 Å². The number of carbonyl (C=O) groups excluding carboxylic acids is 1. The van der Waals surface area contributed by atoms with Gasteiger partial charge < -0.3 is 10.2 Å². The second kappa shape index (κ2) is 6.66. The Labute approximate surface area is 169 Å². The largest absolute Gasteiger partial charge is 0.364 e. The number of para-hydroxylation sites is 1. The minimum atomic E-state index is -1.34. The summed E-state index contributed by atoms with van der Waals surface area (Å²) in [6, 6.07) is 19.9. The number of benzene rings is 3. The molecule has 0 aliphatic carbocycles. The molecule has 3 aromatic carbocycles. The summed E-state index contributed by atoms with van der Waals surface area (Å²) in [5, 5.41) is 3.27. The van der Waals surface area contributed by atoms with E-state index < -0.39 is 11.4 Å². The molecule has 0 radical (unpaired) electrons. The van der Waals surface area contributed by atoms with Crippen molar-refractivity contribution >= 4 is 44.8 Å². The van der Waals surface area contributed by atoms with Crippen LogP contribution in [0.1, 0.15) is 11.1 Å². The number of likely N-dealkylation sites (N-methyl/N-ethyl adjacent to an activating group) is 1. The molecule has 3 aromatic rings. The van der Waals surface area contributed by atoms with Crippen molar-refractivity contribution in [3.05, 3.63) is 93.2 Å². The van der Waals surface area contributed by atoms with E-state index in [0.29, 0.717) is 21.3 Å². The first-order valence-corrected chi connectivity index (χ1v) is 9.49. The van der Waals surface area contributed by atoms with Crippen LogP contribution in [0.2, 0.25) is 5.02 Å². The van der Waals surface area contributed by atoms with Gasteiger partial charge in [0.15, 0.2) is 5.54 Å². The van der Waals surface area contributed by atoms with Crippen LogP contribution in [0.15, 0.2) is 71.2 Å². The highest BCUT2D eigenvalue weighted by molar-refractivity contribution is 9.10. The number of hydrogen-bond acceptors (Lipinski definition) is 2. The van der Waals surface area contributed by atoms with Gasteiger partial charge >= 0.3 is 0 Å². The van der Waals surface area contributed by atoms with Gasteiger partial charge in [0, 0.05) is 22.8 Å². The molecule has 0 unspecified atom stereocenters. The molecule has 3 nitrogen and oxygen atoms in total. The summed E-state index contributed by atoms with van der Waals surface area (Å²) in [6.45, 7) is 0. The summed E-state index contributed by atoms with van der Waals surface area (Å²) in [5.74, 6) is -0.818. The Morgan fingerprint density at radius 2 is 1.67 bits per heavy atom. The van der Waals surface area contributed by atoms with Gasteiger partial charge in [-0.3, -0.25) is 4.79 Å². The van der Waals surface area contributed by atoms with E-state index in [1.807, 2.05) is 60.7 Å². The summed E-state index contributed by atoms with van der Waals surface area (Å²) < 4.78 is 15.0. The van der Waals surface area contributed by atoms with Crippen LogP contribution >= 0.6 is 27.5 Å². The van der Waals surface area contributed by atoms with E-state index in [2.05, 4.69) is 21.2 Å². The molecule has 1 aliphatic rings. The molecule has 27 heavy (non-hydrogen) atoms. The van der Waals surface area contributed by atoms with Gasteiger partial charge in [0.1, 0.15) is 5.82 Å². The van der Waals surface area contributed by atoms with Gasteiger partial charge in [-0.25, -0.2) is 4.39 Å². The molecular formula is C21H15BrClFN2O. The molecule has 6 heteroatoms. The first-order valence-electron chi connectivity index (χ1n) is 8.31. The Balaban J connectivity index is 2.08. The van der Waals surface area contributed by atoms with Crippen molar-refractivity contribution < 1.29 is 9.18 Å². The quantitative estimate of drug-likeness (QED) is 0.534. The highest BCUT2D eigenvalue weighted by Crippen LogP contribution is 2.52. The molecule has 1 N–H and O–H groups in total. The van der Waals surface area contributed by atoms with E-state index in [0.717, 1.165) is 5.69 Å². The third-order valence-corrected chi connectivity index (χ3v) is 5.77. The van der Waals surface area contributed by atoms with Gasteiger partial charge in [-0.15, -0.1) is 0 Å². The van der Waals surface area contributed by atoms with Crippen molar-refractivity contribution in [2.45, 2.75) is 5.54 Å². The first kappa shape index (κ1) is 18.0. The fourth-order valence-corrected chi connectivity index (χ4v) is 4.55. The van der Waals surface area contributed by atoms with Crippen molar-refractivity contribution in [3.63, 3.8) is 0 Å². The Morgan fingerprint density at radius 1 is 1.07 bits per heavy atom. The van der Waals surface area contributed by atoms with Crippen molar-refractivity contribution in [1.82, 2.24) is 0 Å². The molecule has 1 amide bonds. The molecule has 1 atom stereocenters. The number of rotatable bonds is 3. The maximum absolute atomic E-state index is 14.6. The van der Waals surface area contributed by atoms with E-state index in [9.17, 15) is 9.18 Å². The average molecular weight is 446 g/mol. The van der Waals surface area contributed by atoms with Gasteiger partial charge in [0.05, 0.1) is 10.7 Å². The second-order valence-corrected chi connectivity index (χ2v) is 7.58. The van der Waals surface area contributed by atoms with E-state index >= 15 is 0 Å². The average Bonchev–Trinajstić information content (AvgIpc) is 2.91. The Bertz CT molecular complexity index is 1030. The van der Waals surface area contributed by atoms with E-state index in [-0.39, 0.29) is 10.9 Å². The first-order chi connectivity index (χ1) is 13.0. The molecule has 0 saturated heterocycles. The SMILES string of the molecule is CN1C(=O)[C@](Nc2ccccc2)(c2ccccc2)c2c(Cl)c(F)cc(Br)c21. The lowest BCUT2D eigenvalue weighted by molar-refractivity contribution is -0.120. The Hall–Kier alpha value is -2.37. The number of hydrogen-bond donors (Lipinski definition) is 1. The number of nitrogens with zero attached hydrogens (tertiary/aromatic N) is 1. The van der Waals surface area contributed by atoms with Crippen LogP contribution < -0.4 is 10.2 Å². The summed E-state index contributed by atoms with van der Waals surface area (Å²) in [7, 11) is 1.66. The molecule has 0 saturated carbocycles. The number of halogens is 3. The fourth-order valence-electron chi connectivity index (χ4n) is 3.60. The molecule has 0 aromatic heterocycles. The third kappa shape index (κ3) is 2.65. The lowest BCUT2D eigenvalue weighted by Gasteiger charge is -2.31. The number of amides is 1. The smallest absolute Gasteiger partial charge is 0.261 e. The van der Waals surface area contributed by atoms with Crippen LogP contribution in [0, 0.1) is 5.82 Å². The van der Waals surface area contributed by atoms with E-state index in [1.165, 1.54) is 11.0 Å². The molecular weight excluding hydrogens is 431 g/mol. The maximum Gasteiger partial charge on any atom is 0.261 e. The van der Waals surface area contributed by atoms with Gasteiger partial charge in [0.2, 0.25) is 0 Å². The van der Waals surface area contributed by atoms with Gasteiger partial charge in [-0.1, -0.05) is 60.1 Å². The minimum absolute atomic E-state index is 0.0711. The number of anilines is 2. The van der Waals surface area contributed by atoms with Crippen LogP contribution in [0.25, 0.3) is 0 Å². The monoisotopic (exact) mass is 444 g/mol. The van der Waals surface area contributed by atoms with E-state index in [4.69, 9.17) is 11.6 Å². The topological polar surface area (TPSA) is 32.3 Å². The second-order valence-electron chi connectivity index (χ2n) is 6.35. The van der Waals surface area contributed by atoms with Crippen molar-refractivity contribution in [2.75, 3.05) is 17.3 Å². The zero-order valence-corrected chi connectivity index (χ0v) is 16.7. The van der Waals surface area contributed by atoms with Gasteiger partial charge in [0.25, 0.3) is 5.91 Å². The maximum atomic E-state index is 14.6. The molecule has 4 rings (SSSR count). The number of nitrogens with one attached hydrogen (secondary N) is 1. The highest BCUT2D eigenvalue weighted by Gasteiger charge is 2.54. The van der Waals surface area contributed by atoms with Crippen LogP contribution in [-0.4, -0.2) is 13.0 Å². The Kier molecular flexibility index (Phi) is 4.44. The molecule has 136 valence electrons. The zero-order chi connectivity index (χ0) is 19.2. The summed E-state index contributed by atoms with van der Waals surface area (Å²) in [6.07, 6.45) is 0. The predicted octanol–water partition coefficient (Wildman–Crippen LogP) is 5.57. The summed E-state index contributed by atoms with van der Waals surface area (Å²) in [5.41, 5.74) is 1.03. The van der Waals surface area contributed by atoms with Crippen molar-refractivity contribution in [3.8, 4) is 0 Å². The molecule has 1 aliphatic heterocycles. The molecule has 0 fully saturated rings. The predicted molar refractivity (Wildman–Crippen MR) is 110 cm³/mol. The van der Waals surface area contributed by atoms with Crippen LogP contribution in [-0.2, 0) is 10.3 Å². The molecule has 0 spiro atoms. The van der Waals surface area contributed by atoms with Gasteiger partial charge in [-0.05, 0) is 39.7 Å². The summed E-state index contributed by atoms with van der Waals surface area (Å²) >= 11 is 9.82. The standard InChI is InChI=1S/C21H15BrClFN2O/c1-26-19-15(22)12-16(24)18(23)17(19)21(20(26)27,13-8-4-2-5-9-13)25-14-10-6-3-7-11-14/h2-12,25H,1H3/t21-/m0/s1. The normalized spacial score (nSPS) is 18.5. The van der Waals surface area contributed by atoms with Crippen LogP contribution in [0.5, 0.6) is 0 Å². The third-order valence-electron chi connectivity index (χ3n) is 4.79. The van der Waals surface area contributed by atoms with E-state index in [1.54, 1.807) is 7.05 Å². The Morgan fingerprint density at radius 3 is 2.30 bits per heavy atom. The molecule has 1 heterocycles. The summed E-state index contributed by atoms with van der Waals surface area (Å²) in [4.78, 5) is 15.1. The minimum Gasteiger partial charge on any atom is -0.364 e. The lowest BCUT2D eigenvalue weighted by atomic mass is 9.83. The lowest BCUT2D eigenvalue weighted by Crippen LogP contribution is -2.46.